The van der Waals surface area contributed by atoms with E-state index in [1.165, 1.54) is 26.2 Å². The highest BCUT2D eigenvalue weighted by Gasteiger charge is 2.51. The van der Waals surface area contributed by atoms with E-state index in [2.05, 4.69) is 5.32 Å². The number of nitrogens with one attached hydrogen (secondary N) is 1. The largest absolute Gasteiger partial charge is 0.341 e. The Balaban J connectivity index is 1.48. The molecule has 2 unspecified atom stereocenters. The summed E-state index contributed by atoms with van der Waals surface area (Å²) in [6.45, 7) is 2.21. The summed E-state index contributed by atoms with van der Waals surface area (Å²) in [5.74, 6) is -1.42. The van der Waals surface area contributed by atoms with Gasteiger partial charge in [0.15, 0.2) is 0 Å². The fourth-order valence-electron chi connectivity index (χ4n) is 4.97. The minimum absolute atomic E-state index is 0.256. The van der Waals surface area contributed by atoms with Crippen molar-refractivity contribution < 1.29 is 23.2 Å². The van der Waals surface area contributed by atoms with Gasteiger partial charge in [0.25, 0.3) is 5.91 Å². The van der Waals surface area contributed by atoms with Gasteiger partial charge in [-0.25, -0.2) is 13.6 Å². The molecule has 8 heteroatoms. The maximum absolute atomic E-state index is 14.2. The molecule has 1 aliphatic carbocycles. The van der Waals surface area contributed by atoms with Crippen LogP contribution in [0.15, 0.2) is 18.2 Å². The highest BCUT2D eigenvalue weighted by molar-refractivity contribution is 6.09. The number of carbonyl (C=O) groups excluding carboxylic acids is 3. The van der Waals surface area contributed by atoms with Crippen molar-refractivity contribution in [3.63, 3.8) is 0 Å². The molecule has 29 heavy (non-hydrogen) atoms. The molecule has 2 heterocycles. The van der Waals surface area contributed by atoms with Crippen molar-refractivity contribution in [3.8, 4) is 0 Å². The SMILES string of the molecule is C[C@]1(c2cc(F)ccc2F)NC(=O)N(CC(=O)N2CCC3CCCCC3C2)C1=O. The Bertz CT molecular complexity index is 862. The number of hydrogen-bond acceptors (Lipinski definition) is 3. The molecule has 6 nitrogen and oxygen atoms in total. The van der Waals surface area contributed by atoms with E-state index in [-0.39, 0.29) is 11.5 Å². The number of rotatable bonds is 3. The van der Waals surface area contributed by atoms with Gasteiger partial charge in [-0.2, -0.15) is 0 Å². The fourth-order valence-corrected chi connectivity index (χ4v) is 4.97. The maximum atomic E-state index is 14.2. The Labute approximate surface area is 168 Å². The average Bonchev–Trinajstić information content (AvgIpc) is 2.93. The summed E-state index contributed by atoms with van der Waals surface area (Å²) in [7, 11) is 0. The van der Waals surface area contributed by atoms with Crippen molar-refractivity contribution in [2.45, 2.75) is 44.6 Å². The second-order valence-electron chi connectivity index (χ2n) is 8.50. The van der Waals surface area contributed by atoms with Crippen LogP contribution < -0.4 is 5.32 Å². The van der Waals surface area contributed by atoms with Crippen LogP contribution in [-0.4, -0.2) is 47.3 Å². The van der Waals surface area contributed by atoms with E-state index in [0.717, 1.165) is 35.9 Å². The number of hydrogen-bond donors (Lipinski definition) is 1. The molecule has 0 aromatic heterocycles. The molecule has 3 aliphatic rings. The summed E-state index contributed by atoms with van der Waals surface area (Å²) in [6.07, 6.45) is 5.68. The molecular formula is C21H25F2N3O3. The van der Waals surface area contributed by atoms with Crippen molar-refractivity contribution in [3.05, 3.63) is 35.4 Å². The lowest BCUT2D eigenvalue weighted by Gasteiger charge is -2.41. The first kappa shape index (κ1) is 19.8. The third-order valence-corrected chi connectivity index (χ3v) is 6.68. The van der Waals surface area contributed by atoms with E-state index in [1.807, 2.05) is 0 Å². The van der Waals surface area contributed by atoms with E-state index in [9.17, 15) is 23.2 Å². The Morgan fingerprint density at radius 1 is 1.17 bits per heavy atom. The van der Waals surface area contributed by atoms with Crippen LogP contribution >= 0.6 is 0 Å². The van der Waals surface area contributed by atoms with E-state index >= 15 is 0 Å². The topological polar surface area (TPSA) is 69.7 Å². The summed E-state index contributed by atoms with van der Waals surface area (Å²) in [5.41, 5.74) is -2.01. The van der Waals surface area contributed by atoms with Gasteiger partial charge >= 0.3 is 6.03 Å². The third-order valence-electron chi connectivity index (χ3n) is 6.68. The Morgan fingerprint density at radius 2 is 1.90 bits per heavy atom. The van der Waals surface area contributed by atoms with Crippen LogP contribution in [0.3, 0.4) is 0 Å². The van der Waals surface area contributed by atoms with Crippen LogP contribution in [0.4, 0.5) is 13.6 Å². The van der Waals surface area contributed by atoms with Crippen LogP contribution in [0.2, 0.25) is 0 Å². The van der Waals surface area contributed by atoms with Gasteiger partial charge in [0.1, 0.15) is 23.7 Å². The molecule has 3 fully saturated rings. The first-order chi connectivity index (χ1) is 13.8. The standard InChI is InChI=1S/C21H25F2N3O3/c1-21(16-10-15(22)6-7-17(16)23)19(28)26(20(29)24-21)12-18(27)25-9-8-13-4-2-3-5-14(13)11-25/h6-7,10,13-14H,2-5,8-9,11-12H2,1H3,(H,24,29)/t13?,14?,21-/m1/s1. The summed E-state index contributed by atoms with van der Waals surface area (Å²) >= 11 is 0. The number of carbonyl (C=O) groups is 3. The number of benzene rings is 1. The lowest BCUT2D eigenvalue weighted by atomic mass is 9.75. The Hall–Kier alpha value is -2.51. The second-order valence-corrected chi connectivity index (χ2v) is 8.50. The average molecular weight is 405 g/mol. The van der Waals surface area contributed by atoms with Gasteiger partial charge in [0.05, 0.1) is 0 Å². The first-order valence-corrected chi connectivity index (χ1v) is 10.2. The lowest BCUT2D eigenvalue weighted by molar-refractivity contribution is -0.140. The Kier molecular flexibility index (Phi) is 5.04. The van der Waals surface area contributed by atoms with E-state index in [4.69, 9.17) is 0 Å². The van der Waals surface area contributed by atoms with Crippen LogP contribution in [0.5, 0.6) is 0 Å². The van der Waals surface area contributed by atoms with Crippen molar-refractivity contribution in [2.75, 3.05) is 19.6 Å². The van der Waals surface area contributed by atoms with Gasteiger partial charge < -0.3 is 10.2 Å². The molecule has 0 spiro atoms. The highest BCUT2D eigenvalue weighted by Crippen LogP contribution is 2.36. The molecule has 4 rings (SSSR count). The molecule has 1 aromatic rings. The molecule has 2 aliphatic heterocycles. The molecule has 3 atom stereocenters. The maximum Gasteiger partial charge on any atom is 0.325 e. The lowest BCUT2D eigenvalue weighted by Crippen LogP contribution is -2.49. The second kappa shape index (κ2) is 7.39. The normalized spacial score (nSPS) is 29.6. The molecule has 156 valence electrons. The summed E-state index contributed by atoms with van der Waals surface area (Å²) in [6, 6.07) is 1.98. The summed E-state index contributed by atoms with van der Waals surface area (Å²) in [5, 5.41) is 2.43. The molecular weight excluding hydrogens is 380 g/mol. The van der Waals surface area contributed by atoms with Crippen LogP contribution in [0, 0.1) is 23.5 Å². The zero-order valence-electron chi connectivity index (χ0n) is 16.4. The quantitative estimate of drug-likeness (QED) is 0.787. The smallest absolute Gasteiger partial charge is 0.325 e. The third kappa shape index (κ3) is 3.49. The van der Waals surface area contributed by atoms with Crippen molar-refractivity contribution in [1.82, 2.24) is 15.1 Å². The van der Waals surface area contributed by atoms with E-state index in [0.29, 0.717) is 24.9 Å². The van der Waals surface area contributed by atoms with Crippen molar-refractivity contribution in [2.24, 2.45) is 11.8 Å². The highest BCUT2D eigenvalue weighted by atomic mass is 19.1. The number of urea groups is 1. The predicted molar refractivity (Wildman–Crippen MR) is 101 cm³/mol. The monoisotopic (exact) mass is 405 g/mol. The molecule has 1 N–H and O–H groups in total. The number of amides is 4. The van der Waals surface area contributed by atoms with Gasteiger partial charge in [-0.15, -0.1) is 0 Å². The van der Waals surface area contributed by atoms with Gasteiger partial charge in [0, 0.05) is 18.7 Å². The minimum atomic E-state index is -1.75. The fraction of sp³-hybridized carbons (Fsp3) is 0.571. The molecule has 1 aromatic carbocycles. The zero-order valence-corrected chi connectivity index (χ0v) is 16.4. The molecule has 0 bridgehead atoms. The number of piperidine rings is 1. The van der Waals surface area contributed by atoms with Crippen LogP contribution in [0.1, 0.15) is 44.6 Å². The number of fused-ring (bicyclic) bond motifs is 1. The number of likely N-dealkylation sites (tertiary alicyclic amines) is 1. The van der Waals surface area contributed by atoms with Gasteiger partial charge in [-0.05, 0) is 49.8 Å². The van der Waals surface area contributed by atoms with Gasteiger partial charge in [-0.1, -0.05) is 19.3 Å². The first-order valence-electron chi connectivity index (χ1n) is 10.2. The van der Waals surface area contributed by atoms with Crippen molar-refractivity contribution in [1.29, 1.82) is 0 Å². The minimum Gasteiger partial charge on any atom is -0.341 e. The summed E-state index contributed by atoms with van der Waals surface area (Å²) in [4.78, 5) is 40.7. The van der Waals surface area contributed by atoms with Crippen LogP contribution in [0.25, 0.3) is 0 Å². The number of halogens is 2. The molecule has 1 saturated carbocycles. The molecule has 0 radical (unpaired) electrons. The molecule has 2 saturated heterocycles. The predicted octanol–water partition coefficient (Wildman–Crippen LogP) is 2.77. The summed E-state index contributed by atoms with van der Waals surface area (Å²) < 4.78 is 27.9. The van der Waals surface area contributed by atoms with Crippen molar-refractivity contribution >= 4 is 17.8 Å². The number of imide groups is 1. The van der Waals surface area contributed by atoms with Crippen LogP contribution in [-0.2, 0) is 15.1 Å². The van der Waals surface area contributed by atoms with E-state index < -0.39 is 35.7 Å². The van der Waals surface area contributed by atoms with E-state index in [1.54, 1.807) is 4.90 Å². The Morgan fingerprint density at radius 3 is 2.66 bits per heavy atom. The number of nitrogens with zero attached hydrogens (tertiary/aromatic N) is 2. The zero-order chi connectivity index (χ0) is 20.8. The van der Waals surface area contributed by atoms with Gasteiger partial charge in [0.2, 0.25) is 5.91 Å². The van der Waals surface area contributed by atoms with Gasteiger partial charge in [-0.3, -0.25) is 14.5 Å². The molecule has 4 amide bonds.